The normalized spacial score (nSPS) is 22.9. The van der Waals surface area contributed by atoms with E-state index in [1.165, 1.54) is 11.1 Å². The Bertz CT molecular complexity index is 719. The highest BCUT2D eigenvalue weighted by molar-refractivity contribution is 5.17. The minimum Gasteiger partial charge on any atom is -0.364 e. The van der Waals surface area contributed by atoms with Crippen molar-refractivity contribution in [1.82, 2.24) is 9.80 Å². The van der Waals surface area contributed by atoms with Gasteiger partial charge in [-0.1, -0.05) is 72.5 Å². The molecule has 2 aliphatic rings. The summed E-state index contributed by atoms with van der Waals surface area (Å²) in [5.74, 6) is 6.71. The first kappa shape index (κ1) is 19.2. The Morgan fingerprint density at radius 3 is 1.54 bits per heavy atom. The van der Waals surface area contributed by atoms with E-state index >= 15 is 0 Å². The summed E-state index contributed by atoms with van der Waals surface area (Å²) >= 11 is 0. The van der Waals surface area contributed by atoms with Crippen LogP contribution in [0.5, 0.6) is 0 Å². The molecule has 0 N–H and O–H groups in total. The molecule has 2 saturated heterocycles. The van der Waals surface area contributed by atoms with Crippen molar-refractivity contribution in [3.8, 4) is 11.8 Å². The van der Waals surface area contributed by atoms with Gasteiger partial charge in [0.15, 0.2) is 0 Å². The van der Waals surface area contributed by atoms with Gasteiger partial charge in [-0.25, -0.2) is 0 Å². The van der Waals surface area contributed by atoms with Gasteiger partial charge in [-0.15, -0.1) is 0 Å². The molecule has 2 aliphatic heterocycles. The molecule has 28 heavy (non-hydrogen) atoms. The summed E-state index contributed by atoms with van der Waals surface area (Å²) in [6.07, 6.45) is 2.03. The van der Waals surface area contributed by atoms with E-state index in [0.717, 1.165) is 39.1 Å². The van der Waals surface area contributed by atoms with E-state index in [-0.39, 0.29) is 0 Å². The Kier molecular flexibility index (Phi) is 6.75. The van der Waals surface area contributed by atoms with Gasteiger partial charge in [-0.3, -0.25) is 9.80 Å². The molecule has 0 bridgehead atoms. The van der Waals surface area contributed by atoms with E-state index < -0.39 is 0 Å². The van der Waals surface area contributed by atoms with Crippen molar-refractivity contribution < 1.29 is 9.47 Å². The van der Waals surface area contributed by atoms with E-state index in [1.807, 2.05) is 0 Å². The quantitative estimate of drug-likeness (QED) is 0.724. The number of hydrogen-bond donors (Lipinski definition) is 0. The second-order valence-corrected chi connectivity index (χ2v) is 7.53. The van der Waals surface area contributed by atoms with E-state index in [1.54, 1.807) is 0 Å². The molecule has 2 aromatic rings. The fraction of sp³-hybridized carbons (Fsp3) is 0.417. The van der Waals surface area contributed by atoms with Crippen LogP contribution < -0.4 is 0 Å². The van der Waals surface area contributed by atoms with Crippen LogP contribution in [0.4, 0.5) is 0 Å². The third-order valence-electron chi connectivity index (χ3n) is 5.49. The summed E-state index contributed by atoms with van der Waals surface area (Å²) in [7, 11) is 0. The molecule has 4 rings (SSSR count). The molecule has 0 aliphatic carbocycles. The van der Waals surface area contributed by atoms with Gasteiger partial charge < -0.3 is 9.47 Å². The van der Waals surface area contributed by atoms with Crippen LogP contribution in [0.15, 0.2) is 60.7 Å². The minimum atomic E-state index is 0.414. The second-order valence-electron chi connectivity index (χ2n) is 7.53. The van der Waals surface area contributed by atoms with Gasteiger partial charge in [0.05, 0.1) is 26.3 Å². The van der Waals surface area contributed by atoms with Crippen LogP contribution in [0.25, 0.3) is 0 Å². The van der Waals surface area contributed by atoms with Crippen LogP contribution in [-0.2, 0) is 22.3 Å². The van der Waals surface area contributed by atoms with Crippen molar-refractivity contribution >= 4 is 0 Å². The van der Waals surface area contributed by atoms with Gasteiger partial charge in [0.2, 0.25) is 0 Å². The summed E-state index contributed by atoms with van der Waals surface area (Å²) in [6, 6.07) is 22.1. The summed E-state index contributed by atoms with van der Waals surface area (Å²) in [5, 5.41) is 0. The predicted octanol–water partition coefficient (Wildman–Crippen LogP) is 2.79. The molecule has 2 heterocycles. The first-order valence-corrected chi connectivity index (χ1v) is 10.1. The lowest BCUT2D eigenvalue weighted by molar-refractivity contribution is 0.145. The lowest BCUT2D eigenvalue weighted by Crippen LogP contribution is -2.34. The van der Waals surface area contributed by atoms with E-state index in [0.29, 0.717) is 25.5 Å². The molecule has 0 spiro atoms. The van der Waals surface area contributed by atoms with Crippen LogP contribution in [-0.4, -0.2) is 61.6 Å². The lowest BCUT2D eigenvalue weighted by atomic mass is 10.1. The van der Waals surface area contributed by atoms with Crippen LogP contribution in [0.2, 0.25) is 0 Å². The Morgan fingerprint density at radius 2 is 1.11 bits per heavy atom. The van der Waals surface area contributed by atoms with Gasteiger partial charge >= 0.3 is 0 Å². The largest absolute Gasteiger partial charge is 0.364 e. The topological polar surface area (TPSA) is 24.9 Å². The molecule has 4 heteroatoms. The molecular formula is C24H28N2O2. The Hall–Kier alpha value is -2.16. The third-order valence-corrected chi connectivity index (χ3v) is 5.49. The number of ether oxygens (including phenoxy) is 2. The maximum absolute atomic E-state index is 5.68. The summed E-state index contributed by atoms with van der Waals surface area (Å²) < 4.78 is 11.4. The SMILES string of the molecule is C(#CCN1COC[C@@H]1Cc1ccccc1)CN1COC[C@@H]1Cc1ccccc1. The second kappa shape index (κ2) is 9.86. The highest BCUT2D eigenvalue weighted by atomic mass is 16.5. The molecule has 0 unspecified atom stereocenters. The summed E-state index contributed by atoms with van der Waals surface area (Å²) in [6.45, 7) is 4.45. The van der Waals surface area contributed by atoms with Crippen molar-refractivity contribution in [2.45, 2.75) is 24.9 Å². The Morgan fingerprint density at radius 1 is 0.679 bits per heavy atom. The zero-order chi connectivity index (χ0) is 19.0. The van der Waals surface area contributed by atoms with Gasteiger partial charge in [0.25, 0.3) is 0 Å². The first-order chi connectivity index (χ1) is 13.9. The maximum Gasteiger partial charge on any atom is 0.100 e. The summed E-state index contributed by atoms with van der Waals surface area (Å²) in [5.41, 5.74) is 2.71. The van der Waals surface area contributed by atoms with E-state index in [9.17, 15) is 0 Å². The molecule has 0 saturated carbocycles. The van der Waals surface area contributed by atoms with Gasteiger partial charge in [0, 0.05) is 12.1 Å². The Labute approximate surface area is 168 Å². The van der Waals surface area contributed by atoms with Gasteiger partial charge in [0.1, 0.15) is 13.5 Å². The average Bonchev–Trinajstić information content (AvgIpc) is 3.36. The Balaban J connectivity index is 1.26. The molecule has 2 fully saturated rings. The van der Waals surface area contributed by atoms with Crippen molar-refractivity contribution in [1.29, 1.82) is 0 Å². The first-order valence-electron chi connectivity index (χ1n) is 10.1. The lowest BCUT2D eigenvalue weighted by Gasteiger charge is -2.20. The zero-order valence-corrected chi connectivity index (χ0v) is 16.3. The molecule has 2 aromatic carbocycles. The molecule has 4 nitrogen and oxygen atoms in total. The van der Waals surface area contributed by atoms with Crippen molar-refractivity contribution in [2.75, 3.05) is 39.8 Å². The monoisotopic (exact) mass is 376 g/mol. The highest BCUT2D eigenvalue weighted by Gasteiger charge is 2.25. The number of hydrogen-bond acceptors (Lipinski definition) is 4. The number of benzene rings is 2. The van der Waals surface area contributed by atoms with Crippen LogP contribution in [0, 0.1) is 11.8 Å². The fourth-order valence-electron chi connectivity index (χ4n) is 3.85. The third kappa shape index (κ3) is 5.21. The fourth-order valence-corrected chi connectivity index (χ4v) is 3.85. The van der Waals surface area contributed by atoms with Gasteiger partial charge in [-0.2, -0.15) is 0 Å². The maximum atomic E-state index is 5.68. The van der Waals surface area contributed by atoms with Crippen LogP contribution in [0.3, 0.4) is 0 Å². The van der Waals surface area contributed by atoms with E-state index in [2.05, 4.69) is 82.3 Å². The van der Waals surface area contributed by atoms with Gasteiger partial charge in [-0.05, 0) is 24.0 Å². The van der Waals surface area contributed by atoms with E-state index in [4.69, 9.17) is 9.47 Å². The summed E-state index contributed by atoms with van der Waals surface area (Å²) in [4.78, 5) is 4.67. The highest BCUT2D eigenvalue weighted by Crippen LogP contribution is 2.16. The van der Waals surface area contributed by atoms with Crippen LogP contribution >= 0.6 is 0 Å². The molecule has 146 valence electrons. The average molecular weight is 377 g/mol. The smallest absolute Gasteiger partial charge is 0.100 e. The predicted molar refractivity (Wildman–Crippen MR) is 111 cm³/mol. The molecule has 2 atom stereocenters. The molecule has 0 aromatic heterocycles. The minimum absolute atomic E-state index is 0.414. The zero-order valence-electron chi connectivity index (χ0n) is 16.3. The standard InChI is InChI=1S/C24H28N2O2/c1-3-9-21(10-4-1)15-23-17-27-19-25(23)13-7-8-14-26-20-28-18-24(26)16-22-11-5-2-6-12-22/h1-6,9-12,23-24H,13-20H2/t23-,24-/m0/s1. The number of rotatable bonds is 6. The number of nitrogens with zero attached hydrogens (tertiary/aromatic N) is 2. The van der Waals surface area contributed by atoms with Crippen molar-refractivity contribution in [3.63, 3.8) is 0 Å². The molecule has 0 amide bonds. The molecule has 0 radical (unpaired) electrons. The van der Waals surface area contributed by atoms with Crippen molar-refractivity contribution in [2.24, 2.45) is 0 Å². The van der Waals surface area contributed by atoms with Crippen molar-refractivity contribution in [3.05, 3.63) is 71.8 Å². The molecular weight excluding hydrogens is 348 g/mol. The van der Waals surface area contributed by atoms with Crippen LogP contribution in [0.1, 0.15) is 11.1 Å².